The molecule has 1 N–H and O–H groups in total. The fourth-order valence-corrected chi connectivity index (χ4v) is 3.42. The topological polar surface area (TPSA) is 72.7 Å². The summed E-state index contributed by atoms with van der Waals surface area (Å²) in [5.41, 5.74) is 1.29. The van der Waals surface area contributed by atoms with Crippen LogP contribution in [-0.2, 0) is 11.3 Å². The van der Waals surface area contributed by atoms with Gasteiger partial charge in [0, 0.05) is 24.5 Å². The molecule has 0 aliphatic heterocycles. The van der Waals surface area contributed by atoms with Crippen LogP contribution >= 0.6 is 23.4 Å². The number of rotatable bonds is 7. The normalized spacial score (nSPS) is 10.8. The average molecular weight is 406 g/mol. The molecule has 2 heterocycles. The lowest BCUT2D eigenvalue weighted by Gasteiger charge is -2.09. The fraction of sp³-hybridized carbons (Fsp3) is 0.222. The summed E-state index contributed by atoms with van der Waals surface area (Å²) >= 11 is 7.22. The Morgan fingerprint density at radius 1 is 1.26 bits per heavy atom. The van der Waals surface area contributed by atoms with E-state index in [-0.39, 0.29) is 16.7 Å². The number of halogens is 2. The van der Waals surface area contributed by atoms with Gasteiger partial charge in [-0.15, -0.1) is 10.2 Å². The number of aromatic nitrogens is 4. The van der Waals surface area contributed by atoms with Crippen molar-refractivity contribution in [1.82, 2.24) is 19.7 Å². The van der Waals surface area contributed by atoms with Crippen LogP contribution < -0.4 is 5.32 Å². The first-order chi connectivity index (χ1) is 13.1. The number of hydrogen-bond acceptors (Lipinski definition) is 5. The van der Waals surface area contributed by atoms with E-state index in [0.29, 0.717) is 10.8 Å². The third-order valence-corrected chi connectivity index (χ3v) is 4.92. The molecule has 3 aromatic rings. The molecule has 0 aliphatic carbocycles. The van der Waals surface area contributed by atoms with Crippen molar-refractivity contribution in [2.45, 2.75) is 25.0 Å². The zero-order valence-electron chi connectivity index (χ0n) is 14.5. The van der Waals surface area contributed by atoms with Crippen LogP contribution in [0.5, 0.6) is 0 Å². The molecule has 2 aromatic heterocycles. The van der Waals surface area contributed by atoms with E-state index in [1.807, 2.05) is 16.7 Å². The number of amides is 1. The highest BCUT2D eigenvalue weighted by Gasteiger charge is 2.15. The standard InChI is InChI=1S/C18H17ClFN5OS/c1-2-9-25-17(12-5-7-21-8-6-12)23-24-18(25)27-11-16(26)22-15-4-3-13(20)10-14(15)19/h3-8,10H,2,9,11H2,1H3,(H,22,26). The van der Waals surface area contributed by atoms with Crippen LogP contribution in [0.2, 0.25) is 5.02 Å². The maximum atomic E-state index is 13.1. The first-order valence-corrected chi connectivity index (χ1v) is 9.66. The number of anilines is 1. The highest BCUT2D eigenvalue weighted by atomic mass is 35.5. The van der Waals surface area contributed by atoms with Crippen molar-refractivity contribution in [3.63, 3.8) is 0 Å². The molecule has 9 heteroatoms. The van der Waals surface area contributed by atoms with Crippen LogP contribution in [0.15, 0.2) is 47.9 Å². The molecule has 0 fully saturated rings. The van der Waals surface area contributed by atoms with Gasteiger partial charge in [0.25, 0.3) is 0 Å². The Bertz CT molecular complexity index is 935. The third-order valence-electron chi connectivity index (χ3n) is 3.64. The van der Waals surface area contributed by atoms with Crippen LogP contribution in [0.3, 0.4) is 0 Å². The predicted molar refractivity (Wildman–Crippen MR) is 104 cm³/mol. The second kappa shape index (κ2) is 8.96. The number of nitrogens with zero attached hydrogens (tertiary/aromatic N) is 4. The number of thioether (sulfide) groups is 1. The minimum atomic E-state index is -0.455. The highest BCUT2D eigenvalue weighted by Crippen LogP contribution is 2.25. The molecule has 0 saturated heterocycles. The Morgan fingerprint density at radius 2 is 2.04 bits per heavy atom. The minimum Gasteiger partial charge on any atom is -0.324 e. The molecule has 27 heavy (non-hydrogen) atoms. The summed E-state index contributed by atoms with van der Waals surface area (Å²) in [6.07, 6.45) is 4.31. The maximum Gasteiger partial charge on any atom is 0.234 e. The first kappa shape index (κ1) is 19.3. The van der Waals surface area contributed by atoms with Crippen molar-refractivity contribution < 1.29 is 9.18 Å². The fourth-order valence-electron chi connectivity index (χ4n) is 2.44. The summed E-state index contributed by atoms with van der Waals surface area (Å²) < 4.78 is 15.1. The smallest absolute Gasteiger partial charge is 0.234 e. The van der Waals surface area contributed by atoms with Gasteiger partial charge < -0.3 is 9.88 Å². The van der Waals surface area contributed by atoms with Gasteiger partial charge in [0.2, 0.25) is 5.91 Å². The highest BCUT2D eigenvalue weighted by molar-refractivity contribution is 7.99. The molecule has 0 unspecified atom stereocenters. The lowest BCUT2D eigenvalue weighted by molar-refractivity contribution is -0.113. The molecular weight excluding hydrogens is 389 g/mol. The van der Waals surface area contributed by atoms with Gasteiger partial charge in [-0.05, 0) is 36.8 Å². The summed E-state index contributed by atoms with van der Waals surface area (Å²) in [4.78, 5) is 16.2. The van der Waals surface area contributed by atoms with Gasteiger partial charge in [-0.25, -0.2) is 4.39 Å². The van der Waals surface area contributed by atoms with Crippen LogP contribution in [-0.4, -0.2) is 31.4 Å². The van der Waals surface area contributed by atoms with Crippen LogP contribution in [0.4, 0.5) is 10.1 Å². The van der Waals surface area contributed by atoms with Gasteiger partial charge in [0.05, 0.1) is 16.5 Å². The third kappa shape index (κ3) is 4.84. The van der Waals surface area contributed by atoms with Crippen molar-refractivity contribution in [3.8, 4) is 11.4 Å². The van der Waals surface area contributed by atoms with Crippen LogP contribution in [0.1, 0.15) is 13.3 Å². The van der Waals surface area contributed by atoms with Gasteiger partial charge >= 0.3 is 0 Å². The Morgan fingerprint density at radius 3 is 2.74 bits per heavy atom. The van der Waals surface area contributed by atoms with Crippen molar-refractivity contribution in [3.05, 3.63) is 53.6 Å². The number of benzene rings is 1. The number of pyridine rings is 1. The molecule has 1 amide bonds. The van der Waals surface area contributed by atoms with Gasteiger partial charge in [-0.3, -0.25) is 9.78 Å². The molecule has 6 nitrogen and oxygen atoms in total. The number of carbonyl (C=O) groups is 1. The molecule has 0 saturated carbocycles. The summed E-state index contributed by atoms with van der Waals surface area (Å²) in [5.74, 6) is 0.156. The summed E-state index contributed by atoms with van der Waals surface area (Å²) in [6.45, 7) is 2.80. The first-order valence-electron chi connectivity index (χ1n) is 8.29. The SMILES string of the molecule is CCCn1c(SCC(=O)Nc2ccc(F)cc2Cl)nnc1-c1ccncc1. The summed E-state index contributed by atoms with van der Waals surface area (Å²) in [5, 5.41) is 12.0. The van der Waals surface area contributed by atoms with E-state index in [1.165, 1.54) is 23.9 Å². The lowest BCUT2D eigenvalue weighted by atomic mass is 10.2. The lowest BCUT2D eigenvalue weighted by Crippen LogP contribution is -2.15. The van der Waals surface area contributed by atoms with Gasteiger partial charge in [0.1, 0.15) is 5.82 Å². The molecule has 0 aliphatic rings. The molecule has 140 valence electrons. The number of hydrogen-bond donors (Lipinski definition) is 1. The Labute approximate surface area is 165 Å². The van der Waals surface area contributed by atoms with Gasteiger partial charge in [-0.1, -0.05) is 30.3 Å². The van der Waals surface area contributed by atoms with Crippen LogP contribution in [0, 0.1) is 5.82 Å². The Kier molecular flexibility index (Phi) is 6.41. The van der Waals surface area contributed by atoms with Crippen molar-refractivity contribution in [2.24, 2.45) is 0 Å². The second-order valence-corrected chi connectivity index (χ2v) is 7.00. The largest absolute Gasteiger partial charge is 0.324 e. The van der Waals surface area contributed by atoms with E-state index >= 15 is 0 Å². The van der Waals surface area contributed by atoms with E-state index in [2.05, 4.69) is 27.4 Å². The molecule has 0 radical (unpaired) electrons. The molecule has 0 atom stereocenters. The van der Waals surface area contributed by atoms with E-state index in [9.17, 15) is 9.18 Å². The molecular formula is C18H17ClFN5OS. The zero-order chi connectivity index (χ0) is 19.2. The molecule has 1 aromatic carbocycles. The maximum absolute atomic E-state index is 13.1. The second-order valence-electron chi connectivity index (χ2n) is 5.65. The predicted octanol–water partition coefficient (Wildman–Crippen LogP) is 4.27. The van der Waals surface area contributed by atoms with Crippen molar-refractivity contribution in [2.75, 3.05) is 11.1 Å². The Balaban J connectivity index is 1.70. The van der Waals surface area contributed by atoms with Gasteiger partial charge in [-0.2, -0.15) is 0 Å². The minimum absolute atomic E-state index is 0.131. The molecule has 3 rings (SSSR count). The van der Waals surface area contributed by atoms with E-state index in [4.69, 9.17) is 11.6 Å². The monoisotopic (exact) mass is 405 g/mol. The number of carbonyl (C=O) groups excluding carboxylic acids is 1. The Hall–Kier alpha value is -2.45. The summed E-state index contributed by atoms with van der Waals surface area (Å²) in [6, 6.07) is 7.57. The van der Waals surface area contributed by atoms with Crippen molar-refractivity contribution in [1.29, 1.82) is 0 Å². The van der Waals surface area contributed by atoms with Crippen LogP contribution in [0.25, 0.3) is 11.4 Å². The summed E-state index contributed by atoms with van der Waals surface area (Å²) in [7, 11) is 0. The van der Waals surface area contributed by atoms with E-state index in [1.54, 1.807) is 12.4 Å². The van der Waals surface area contributed by atoms with E-state index < -0.39 is 5.82 Å². The molecule has 0 bridgehead atoms. The molecule has 0 spiro atoms. The zero-order valence-corrected chi connectivity index (χ0v) is 16.1. The van der Waals surface area contributed by atoms with E-state index in [0.717, 1.165) is 30.4 Å². The van der Waals surface area contributed by atoms with Gasteiger partial charge in [0.15, 0.2) is 11.0 Å². The average Bonchev–Trinajstić information content (AvgIpc) is 3.06. The number of nitrogens with one attached hydrogen (secondary N) is 1. The quantitative estimate of drug-likeness (QED) is 0.594. The van der Waals surface area contributed by atoms with Crippen molar-refractivity contribution >= 4 is 35.0 Å².